The predicted octanol–water partition coefficient (Wildman–Crippen LogP) is 3.37. The standard InChI is InChI=1S/C28H37N5O3/c1-31(2)16-8-14-29-25(34)19-35-20-12-13-24-22(18-20)27-28(36-24)26(30-15-9-17-32(3)4)21-10-6-7-11-23(21)33(27)5/h6-7,10-13,18H,8-9,14-17,19H2,1-5H3,(H,29,34)/p+1. The van der Waals surface area contributed by atoms with E-state index in [-0.39, 0.29) is 12.5 Å². The average molecular weight is 493 g/mol. The van der Waals surface area contributed by atoms with E-state index in [1.165, 1.54) is 0 Å². The highest BCUT2D eigenvalue weighted by Gasteiger charge is 2.24. The molecule has 4 rings (SSSR count). The number of hydrogen-bond donors (Lipinski definition) is 2. The van der Waals surface area contributed by atoms with Gasteiger partial charge in [0.25, 0.3) is 11.4 Å². The summed E-state index contributed by atoms with van der Waals surface area (Å²) >= 11 is 0. The Morgan fingerprint density at radius 3 is 2.44 bits per heavy atom. The summed E-state index contributed by atoms with van der Waals surface area (Å²) in [6.07, 6.45) is 1.93. The Balaban J connectivity index is 1.60. The second-order valence-corrected chi connectivity index (χ2v) is 9.77. The summed E-state index contributed by atoms with van der Waals surface area (Å²) in [5.74, 6) is 0.522. The lowest BCUT2D eigenvalue weighted by molar-refractivity contribution is -0.616. The molecule has 8 heteroatoms. The first kappa shape index (κ1) is 25.7. The normalized spacial score (nSPS) is 11.8. The molecule has 0 saturated heterocycles. The van der Waals surface area contributed by atoms with Gasteiger partial charge >= 0.3 is 0 Å². The zero-order valence-corrected chi connectivity index (χ0v) is 22.1. The predicted molar refractivity (Wildman–Crippen MR) is 146 cm³/mol. The second-order valence-electron chi connectivity index (χ2n) is 9.77. The Kier molecular flexibility index (Phi) is 8.28. The zero-order valence-electron chi connectivity index (χ0n) is 22.1. The van der Waals surface area contributed by atoms with Crippen LogP contribution in [0.1, 0.15) is 12.8 Å². The molecule has 0 unspecified atom stereocenters. The van der Waals surface area contributed by atoms with Gasteiger partial charge in [-0.2, -0.15) is 4.57 Å². The van der Waals surface area contributed by atoms with E-state index in [1.807, 2.05) is 32.3 Å². The number of furan rings is 1. The third kappa shape index (κ3) is 5.88. The van der Waals surface area contributed by atoms with Gasteiger partial charge in [-0.05, 0) is 78.4 Å². The van der Waals surface area contributed by atoms with Crippen LogP contribution in [0.15, 0.2) is 46.9 Å². The number of fused-ring (bicyclic) bond motifs is 4. The number of aryl methyl sites for hydroxylation is 1. The molecule has 0 atom stereocenters. The molecule has 192 valence electrons. The first-order valence-electron chi connectivity index (χ1n) is 12.5. The number of pyridine rings is 1. The molecule has 8 nitrogen and oxygen atoms in total. The van der Waals surface area contributed by atoms with E-state index in [4.69, 9.17) is 9.15 Å². The molecular weight excluding hydrogens is 454 g/mol. The number of ether oxygens (including phenoxy) is 1. The highest BCUT2D eigenvalue weighted by molar-refractivity contribution is 6.11. The minimum atomic E-state index is -0.119. The van der Waals surface area contributed by atoms with Gasteiger partial charge in [-0.3, -0.25) is 4.79 Å². The van der Waals surface area contributed by atoms with Crippen LogP contribution in [-0.2, 0) is 11.8 Å². The Morgan fingerprint density at radius 2 is 1.69 bits per heavy atom. The summed E-state index contributed by atoms with van der Waals surface area (Å²) in [5, 5.41) is 8.63. The number of amides is 1. The van der Waals surface area contributed by atoms with E-state index in [2.05, 4.69) is 70.4 Å². The fraction of sp³-hybridized carbons (Fsp3) is 0.429. The highest BCUT2D eigenvalue weighted by Crippen LogP contribution is 2.37. The molecule has 4 aromatic rings. The van der Waals surface area contributed by atoms with Crippen molar-refractivity contribution in [2.75, 3.05) is 66.3 Å². The van der Waals surface area contributed by atoms with Crippen molar-refractivity contribution in [2.45, 2.75) is 12.8 Å². The van der Waals surface area contributed by atoms with E-state index >= 15 is 0 Å². The number of anilines is 1. The van der Waals surface area contributed by atoms with Crippen LogP contribution < -0.4 is 19.9 Å². The molecule has 0 saturated carbocycles. The lowest BCUT2D eigenvalue weighted by Crippen LogP contribution is -2.31. The number of nitrogens with zero attached hydrogens (tertiary/aromatic N) is 3. The van der Waals surface area contributed by atoms with Crippen molar-refractivity contribution in [3.05, 3.63) is 42.5 Å². The molecule has 0 aliphatic heterocycles. The van der Waals surface area contributed by atoms with Crippen LogP contribution in [0.3, 0.4) is 0 Å². The van der Waals surface area contributed by atoms with Crippen LogP contribution >= 0.6 is 0 Å². The lowest BCUT2D eigenvalue weighted by Gasteiger charge is -2.12. The Bertz CT molecular complexity index is 1350. The van der Waals surface area contributed by atoms with E-state index < -0.39 is 0 Å². The number of nitrogens with one attached hydrogen (secondary N) is 2. The first-order valence-corrected chi connectivity index (χ1v) is 12.5. The number of rotatable bonds is 12. The maximum atomic E-state index is 12.2. The molecule has 2 N–H and O–H groups in total. The Labute approximate surface area is 212 Å². The van der Waals surface area contributed by atoms with Gasteiger partial charge in [0.15, 0.2) is 6.61 Å². The van der Waals surface area contributed by atoms with Crippen LogP contribution in [0.5, 0.6) is 5.75 Å². The molecule has 0 bridgehead atoms. The van der Waals surface area contributed by atoms with Gasteiger partial charge < -0.3 is 29.6 Å². The summed E-state index contributed by atoms with van der Waals surface area (Å²) in [7, 11) is 10.3. The Morgan fingerprint density at radius 1 is 0.972 bits per heavy atom. The van der Waals surface area contributed by atoms with Gasteiger partial charge in [-0.15, -0.1) is 0 Å². The fourth-order valence-electron chi connectivity index (χ4n) is 4.48. The third-order valence-electron chi connectivity index (χ3n) is 6.29. The molecule has 0 aliphatic carbocycles. The van der Waals surface area contributed by atoms with Crippen molar-refractivity contribution in [3.8, 4) is 5.75 Å². The minimum Gasteiger partial charge on any atom is -0.484 e. The van der Waals surface area contributed by atoms with Crippen molar-refractivity contribution in [1.29, 1.82) is 0 Å². The van der Waals surface area contributed by atoms with Gasteiger partial charge in [0.05, 0.1) is 16.5 Å². The quantitative estimate of drug-likeness (QED) is 0.233. The molecule has 2 heterocycles. The molecule has 2 aromatic carbocycles. The van der Waals surface area contributed by atoms with E-state index in [9.17, 15) is 4.79 Å². The molecule has 36 heavy (non-hydrogen) atoms. The molecule has 0 radical (unpaired) electrons. The monoisotopic (exact) mass is 492 g/mol. The molecule has 1 amide bonds. The number of hydrogen-bond acceptors (Lipinski definition) is 6. The second kappa shape index (κ2) is 11.6. The van der Waals surface area contributed by atoms with Crippen molar-refractivity contribution in [2.24, 2.45) is 7.05 Å². The van der Waals surface area contributed by atoms with E-state index in [0.717, 1.165) is 71.1 Å². The van der Waals surface area contributed by atoms with Crippen molar-refractivity contribution >= 4 is 44.6 Å². The number of carbonyl (C=O) groups excluding carboxylic acids is 1. The summed E-state index contributed by atoms with van der Waals surface area (Å²) < 4.78 is 14.4. The van der Waals surface area contributed by atoms with Gasteiger partial charge in [0.2, 0.25) is 11.1 Å². The maximum Gasteiger partial charge on any atom is 0.261 e. The van der Waals surface area contributed by atoms with E-state index in [0.29, 0.717) is 12.3 Å². The molecular formula is C28H38N5O3+. The van der Waals surface area contributed by atoms with Crippen LogP contribution in [0.25, 0.3) is 33.0 Å². The van der Waals surface area contributed by atoms with Gasteiger partial charge in [0, 0.05) is 19.2 Å². The summed E-state index contributed by atoms with van der Waals surface area (Å²) in [5.41, 5.74) is 4.73. The topological polar surface area (TPSA) is 73.9 Å². The maximum absolute atomic E-state index is 12.2. The number of carbonyl (C=O) groups is 1. The van der Waals surface area contributed by atoms with Crippen LogP contribution in [0.4, 0.5) is 5.69 Å². The van der Waals surface area contributed by atoms with Crippen molar-refractivity contribution < 1.29 is 18.5 Å². The zero-order chi connectivity index (χ0) is 25.7. The first-order chi connectivity index (χ1) is 17.3. The van der Waals surface area contributed by atoms with Gasteiger partial charge in [-0.1, -0.05) is 12.1 Å². The largest absolute Gasteiger partial charge is 0.484 e. The van der Waals surface area contributed by atoms with Crippen molar-refractivity contribution in [1.82, 2.24) is 15.1 Å². The van der Waals surface area contributed by atoms with Crippen LogP contribution in [0, 0.1) is 0 Å². The van der Waals surface area contributed by atoms with Crippen molar-refractivity contribution in [3.63, 3.8) is 0 Å². The lowest BCUT2D eigenvalue weighted by atomic mass is 10.1. The number of para-hydroxylation sites is 1. The third-order valence-corrected chi connectivity index (χ3v) is 6.29. The van der Waals surface area contributed by atoms with Gasteiger partial charge in [-0.25, -0.2) is 0 Å². The summed E-state index contributed by atoms with van der Waals surface area (Å²) in [4.78, 5) is 16.5. The summed E-state index contributed by atoms with van der Waals surface area (Å²) in [6.45, 7) is 3.42. The Hall–Kier alpha value is -3.36. The number of aromatic nitrogens is 1. The van der Waals surface area contributed by atoms with E-state index in [1.54, 1.807) is 0 Å². The number of benzene rings is 2. The van der Waals surface area contributed by atoms with Crippen LogP contribution in [-0.4, -0.2) is 76.7 Å². The average Bonchev–Trinajstić information content (AvgIpc) is 3.23. The van der Waals surface area contributed by atoms with Gasteiger partial charge in [0.1, 0.15) is 18.4 Å². The minimum absolute atomic E-state index is 0.0169. The fourth-order valence-corrected chi connectivity index (χ4v) is 4.48. The highest BCUT2D eigenvalue weighted by atomic mass is 16.5. The molecule has 0 fully saturated rings. The SMILES string of the molecule is CN(C)CCCNC(=O)COc1ccc2oc3c(NCCCN(C)C)c4ccccc4[n+](C)c3c2c1. The molecule has 2 aromatic heterocycles. The van der Waals surface area contributed by atoms with Crippen LogP contribution in [0.2, 0.25) is 0 Å². The smallest absolute Gasteiger partial charge is 0.261 e. The molecule has 0 aliphatic rings. The molecule has 0 spiro atoms. The summed E-state index contributed by atoms with van der Waals surface area (Å²) in [6, 6.07) is 14.1.